The Labute approximate surface area is 150 Å². The number of carbonyl (C=O) groups is 2. The minimum Gasteiger partial charge on any atom is -0.386 e. The fourth-order valence-electron chi connectivity index (χ4n) is 2.75. The minimum absolute atomic E-state index is 0.114. The molecular formula is C17H19N7O2. The van der Waals surface area contributed by atoms with Crippen LogP contribution in [0.2, 0.25) is 0 Å². The molecule has 1 fully saturated rings. The highest BCUT2D eigenvalue weighted by Gasteiger charge is 2.33. The highest BCUT2D eigenvalue weighted by Crippen LogP contribution is 2.25. The SMILES string of the molecule is CNc1cnccc1-c1cnn(C(=O)NC(C)C(=O)N2CC(C#N)C2)c1. The second kappa shape index (κ2) is 7.23. The van der Waals surface area contributed by atoms with Crippen LogP contribution in [0, 0.1) is 17.2 Å². The first-order chi connectivity index (χ1) is 12.5. The Bertz CT molecular complexity index is 864. The van der Waals surface area contributed by atoms with Crippen molar-refractivity contribution in [3.63, 3.8) is 0 Å². The van der Waals surface area contributed by atoms with Crippen LogP contribution in [-0.4, -0.2) is 57.8 Å². The maximum atomic E-state index is 12.3. The second-order valence-electron chi connectivity index (χ2n) is 6.09. The Balaban J connectivity index is 1.65. The highest BCUT2D eigenvalue weighted by molar-refractivity contribution is 5.88. The number of nitrogens with one attached hydrogen (secondary N) is 2. The van der Waals surface area contributed by atoms with Crippen molar-refractivity contribution in [2.24, 2.45) is 5.92 Å². The zero-order valence-corrected chi connectivity index (χ0v) is 14.5. The lowest BCUT2D eigenvalue weighted by atomic mass is 10.0. The fourth-order valence-corrected chi connectivity index (χ4v) is 2.75. The molecule has 1 unspecified atom stereocenters. The molecule has 26 heavy (non-hydrogen) atoms. The summed E-state index contributed by atoms with van der Waals surface area (Å²) in [7, 11) is 1.79. The van der Waals surface area contributed by atoms with Crippen molar-refractivity contribution >= 4 is 17.6 Å². The van der Waals surface area contributed by atoms with Gasteiger partial charge in [-0.05, 0) is 13.0 Å². The smallest absolute Gasteiger partial charge is 0.342 e. The molecule has 2 N–H and O–H groups in total. The van der Waals surface area contributed by atoms with Gasteiger partial charge in [-0.25, -0.2) is 4.79 Å². The monoisotopic (exact) mass is 353 g/mol. The predicted molar refractivity (Wildman–Crippen MR) is 94.1 cm³/mol. The number of nitriles is 1. The summed E-state index contributed by atoms with van der Waals surface area (Å²) in [6, 6.07) is 2.76. The standard InChI is InChI=1S/C17H19N7O2/c1-11(16(25)23-8-12(5-18)9-23)22-17(26)24-10-13(6-21-24)14-3-4-20-7-15(14)19-2/h3-4,6-7,10-12,19H,8-9H2,1-2H3,(H,22,26). The van der Waals surface area contributed by atoms with Crippen molar-refractivity contribution in [2.75, 3.05) is 25.5 Å². The summed E-state index contributed by atoms with van der Waals surface area (Å²) in [5.41, 5.74) is 2.44. The van der Waals surface area contributed by atoms with Crippen LogP contribution < -0.4 is 10.6 Å². The van der Waals surface area contributed by atoms with Gasteiger partial charge >= 0.3 is 6.03 Å². The molecule has 3 rings (SSSR count). The predicted octanol–water partition coefficient (Wildman–Crippen LogP) is 0.915. The van der Waals surface area contributed by atoms with Crippen molar-refractivity contribution in [1.82, 2.24) is 25.0 Å². The number of anilines is 1. The third kappa shape index (κ3) is 3.35. The summed E-state index contributed by atoms with van der Waals surface area (Å²) >= 11 is 0. The molecule has 1 aliphatic heterocycles. The average molecular weight is 353 g/mol. The molecule has 0 aromatic carbocycles. The van der Waals surface area contributed by atoms with Gasteiger partial charge in [0.25, 0.3) is 0 Å². The molecule has 0 radical (unpaired) electrons. The molecule has 0 bridgehead atoms. The molecule has 3 heterocycles. The Morgan fingerprint density at radius 2 is 2.15 bits per heavy atom. The van der Waals surface area contributed by atoms with E-state index in [-0.39, 0.29) is 11.8 Å². The third-order valence-corrected chi connectivity index (χ3v) is 4.28. The van der Waals surface area contributed by atoms with Crippen molar-refractivity contribution < 1.29 is 9.59 Å². The van der Waals surface area contributed by atoms with Gasteiger partial charge in [-0.3, -0.25) is 9.78 Å². The van der Waals surface area contributed by atoms with Crippen molar-refractivity contribution in [3.8, 4) is 17.2 Å². The van der Waals surface area contributed by atoms with Gasteiger partial charge in [0, 0.05) is 43.7 Å². The third-order valence-electron chi connectivity index (χ3n) is 4.28. The molecule has 0 saturated carbocycles. The van der Waals surface area contributed by atoms with Crippen LogP contribution in [0.5, 0.6) is 0 Å². The van der Waals surface area contributed by atoms with Gasteiger partial charge in [0.05, 0.1) is 30.1 Å². The Morgan fingerprint density at radius 1 is 1.38 bits per heavy atom. The van der Waals surface area contributed by atoms with Gasteiger partial charge in [0.15, 0.2) is 0 Å². The van der Waals surface area contributed by atoms with E-state index in [1.165, 1.54) is 0 Å². The molecule has 2 amide bonds. The first-order valence-corrected chi connectivity index (χ1v) is 8.19. The molecule has 9 nitrogen and oxygen atoms in total. The summed E-state index contributed by atoms with van der Waals surface area (Å²) in [5.74, 6) is -0.318. The maximum Gasteiger partial charge on any atom is 0.342 e. The number of pyridine rings is 1. The number of amides is 2. The number of hydrogen-bond donors (Lipinski definition) is 2. The molecule has 1 saturated heterocycles. The Morgan fingerprint density at radius 3 is 2.85 bits per heavy atom. The van der Waals surface area contributed by atoms with E-state index in [1.807, 2.05) is 6.07 Å². The van der Waals surface area contributed by atoms with E-state index >= 15 is 0 Å². The van der Waals surface area contributed by atoms with E-state index in [2.05, 4.69) is 26.8 Å². The summed E-state index contributed by atoms with van der Waals surface area (Å²) in [6.07, 6.45) is 6.53. The van der Waals surface area contributed by atoms with E-state index in [0.29, 0.717) is 13.1 Å². The molecule has 0 aliphatic carbocycles. The van der Waals surface area contributed by atoms with Crippen LogP contribution in [0.15, 0.2) is 30.9 Å². The lowest BCUT2D eigenvalue weighted by molar-refractivity contribution is -0.137. The van der Waals surface area contributed by atoms with Crippen LogP contribution >= 0.6 is 0 Å². The van der Waals surface area contributed by atoms with Crippen LogP contribution in [0.4, 0.5) is 10.5 Å². The second-order valence-corrected chi connectivity index (χ2v) is 6.09. The molecule has 2 aromatic heterocycles. The van der Waals surface area contributed by atoms with Crippen molar-refractivity contribution in [1.29, 1.82) is 5.26 Å². The lowest BCUT2D eigenvalue weighted by Crippen LogP contribution is -2.56. The molecule has 0 spiro atoms. The van der Waals surface area contributed by atoms with Gasteiger partial charge < -0.3 is 15.5 Å². The molecule has 9 heteroatoms. The summed E-state index contributed by atoms with van der Waals surface area (Å²) in [6.45, 7) is 2.44. The fraction of sp³-hybridized carbons (Fsp3) is 0.353. The zero-order chi connectivity index (χ0) is 18.7. The average Bonchev–Trinajstić information content (AvgIpc) is 3.10. The molecule has 1 aliphatic rings. The number of carbonyl (C=O) groups excluding carboxylic acids is 2. The summed E-state index contributed by atoms with van der Waals surface area (Å²) in [4.78, 5) is 30.2. The first-order valence-electron chi connectivity index (χ1n) is 8.19. The lowest BCUT2D eigenvalue weighted by Gasteiger charge is -2.36. The number of hydrogen-bond acceptors (Lipinski definition) is 6. The van der Waals surface area contributed by atoms with E-state index in [4.69, 9.17) is 5.26 Å². The molecular weight excluding hydrogens is 334 g/mol. The van der Waals surface area contributed by atoms with E-state index in [0.717, 1.165) is 21.5 Å². The number of rotatable bonds is 4. The van der Waals surface area contributed by atoms with Gasteiger partial charge in [0.1, 0.15) is 6.04 Å². The van der Waals surface area contributed by atoms with E-state index in [9.17, 15) is 9.59 Å². The number of aromatic nitrogens is 3. The zero-order valence-electron chi connectivity index (χ0n) is 14.5. The normalized spacial score (nSPS) is 14.9. The van der Waals surface area contributed by atoms with E-state index < -0.39 is 12.1 Å². The topological polar surface area (TPSA) is 116 Å². The number of likely N-dealkylation sites (tertiary alicyclic amines) is 1. The van der Waals surface area contributed by atoms with Crippen LogP contribution in [0.25, 0.3) is 11.1 Å². The molecule has 2 aromatic rings. The van der Waals surface area contributed by atoms with Crippen LogP contribution in [0.3, 0.4) is 0 Å². The summed E-state index contributed by atoms with van der Waals surface area (Å²) in [5, 5.41) is 18.5. The van der Waals surface area contributed by atoms with E-state index in [1.54, 1.807) is 43.7 Å². The summed E-state index contributed by atoms with van der Waals surface area (Å²) < 4.78 is 1.16. The highest BCUT2D eigenvalue weighted by atomic mass is 16.2. The molecule has 134 valence electrons. The van der Waals surface area contributed by atoms with Gasteiger partial charge in [-0.15, -0.1) is 0 Å². The number of nitrogens with zero attached hydrogens (tertiary/aromatic N) is 5. The largest absolute Gasteiger partial charge is 0.386 e. The maximum absolute atomic E-state index is 12.3. The Hall–Kier alpha value is -3.41. The quantitative estimate of drug-likeness (QED) is 0.844. The van der Waals surface area contributed by atoms with Gasteiger partial charge in [0.2, 0.25) is 5.91 Å². The van der Waals surface area contributed by atoms with Crippen molar-refractivity contribution in [2.45, 2.75) is 13.0 Å². The Kier molecular flexibility index (Phi) is 4.84. The molecule has 1 atom stereocenters. The first kappa shape index (κ1) is 17.4. The van der Waals surface area contributed by atoms with Crippen LogP contribution in [-0.2, 0) is 4.79 Å². The van der Waals surface area contributed by atoms with Gasteiger partial charge in [-0.1, -0.05) is 0 Å². The van der Waals surface area contributed by atoms with Gasteiger partial charge in [-0.2, -0.15) is 15.0 Å². The minimum atomic E-state index is -0.691. The van der Waals surface area contributed by atoms with Crippen LogP contribution in [0.1, 0.15) is 6.92 Å². The van der Waals surface area contributed by atoms with Crippen molar-refractivity contribution in [3.05, 3.63) is 30.9 Å².